The number of carboxylic acids is 2. The molecule has 13 nitrogen and oxygen atoms in total. The van der Waals surface area contributed by atoms with Crippen LogP contribution in [-0.4, -0.2) is 79.2 Å². The lowest BCUT2D eigenvalue weighted by Crippen LogP contribution is -2.56. The molecule has 0 saturated carbocycles. The third kappa shape index (κ3) is 9.19. The van der Waals surface area contributed by atoms with E-state index in [1.165, 1.54) is 31.8 Å². The van der Waals surface area contributed by atoms with Crippen molar-refractivity contribution >= 4 is 41.4 Å². The van der Waals surface area contributed by atoms with Crippen molar-refractivity contribution in [3.8, 4) is 0 Å². The largest absolute Gasteiger partial charge is 0.480 e. The third-order valence-corrected chi connectivity index (χ3v) is 10.4. The average Bonchev–Trinajstić information content (AvgIpc) is 3.70. The molecule has 0 radical (unpaired) electrons. The Balaban J connectivity index is 1.54. The lowest BCUT2D eigenvalue weighted by atomic mass is 9.84. The maximum Gasteiger partial charge on any atom is 0.331 e. The van der Waals surface area contributed by atoms with Gasteiger partial charge in [0.25, 0.3) is 5.91 Å². The van der Waals surface area contributed by atoms with Gasteiger partial charge in [0, 0.05) is 12.2 Å². The fourth-order valence-electron chi connectivity index (χ4n) is 5.75. The van der Waals surface area contributed by atoms with Crippen LogP contribution >= 0.6 is 11.8 Å². The lowest BCUT2D eigenvalue weighted by molar-refractivity contribution is -0.146. The second-order valence-electron chi connectivity index (χ2n) is 12.9. The molecule has 1 heterocycles. The van der Waals surface area contributed by atoms with E-state index in [9.17, 15) is 34.2 Å². The topological polar surface area (TPSA) is 193 Å². The van der Waals surface area contributed by atoms with Crippen LogP contribution in [0.3, 0.4) is 0 Å². The van der Waals surface area contributed by atoms with Crippen molar-refractivity contribution in [2.45, 2.75) is 42.6 Å². The van der Waals surface area contributed by atoms with Crippen LogP contribution in [0.4, 0.5) is 0 Å². The molecule has 5 rings (SSSR count). The van der Waals surface area contributed by atoms with Crippen molar-refractivity contribution in [1.82, 2.24) is 30.9 Å². The molecule has 1 aromatic heterocycles. The average molecular weight is 749 g/mol. The van der Waals surface area contributed by atoms with Gasteiger partial charge in [-0.2, -0.15) is 0 Å². The number of amides is 3. The number of carbonyl (C=O) groups is 5. The van der Waals surface area contributed by atoms with Crippen LogP contribution < -0.4 is 16.0 Å². The van der Waals surface area contributed by atoms with Gasteiger partial charge in [0.2, 0.25) is 11.8 Å². The van der Waals surface area contributed by atoms with Gasteiger partial charge in [0.1, 0.15) is 18.6 Å². The summed E-state index contributed by atoms with van der Waals surface area (Å²) in [6.45, 7) is 2.14. The number of thioether (sulfide) groups is 1. The highest BCUT2D eigenvalue weighted by Crippen LogP contribution is 2.48. The quantitative estimate of drug-likeness (QED) is 0.0873. The van der Waals surface area contributed by atoms with Crippen LogP contribution in [0.25, 0.3) is 0 Å². The fourth-order valence-corrected chi connectivity index (χ4v) is 7.31. The first kappa shape index (κ1) is 38.9. The maximum atomic E-state index is 14.4. The highest BCUT2D eigenvalue weighted by molar-refractivity contribution is 8.00. The van der Waals surface area contributed by atoms with Crippen molar-refractivity contribution in [3.05, 3.63) is 155 Å². The van der Waals surface area contributed by atoms with E-state index in [-0.39, 0.29) is 17.9 Å². The van der Waals surface area contributed by atoms with Crippen molar-refractivity contribution < 1.29 is 34.2 Å². The number of carboxylic acid groups (broad SMARTS) is 2. The molecule has 0 fully saturated rings. The normalized spacial score (nSPS) is 12.6. The summed E-state index contributed by atoms with van der Waals surface area (Å²) < 4.78 is 0.159. The maximum absolute atomic E-state index is 14.4. The van der Waals surface area contributed by atoms with Crippen LogP contribution in [0.15, 0.2) is 128 Å². The number of nitrogens with one attached hydrogen (secondary N) is 3. The number of aromatic nitrogens is 3. The first-order valence-corrected chi connectivity index (χ1v) is 18.0. The molecule has 0 spiro atoms. The molecular weight excluding hydrogens is 709 g/mol. The van der Waals surface area contributed by atoms with Crippen LogP contribution in [0.5, 0.6) is 0 Å². The smallest absolute Gasteiger partial charge is 0.331 e. The summed E-state index contributed by atoms with van der Waals surface area (Å²) in [5, 5.41) is 34.5. The molecule has 54 heavy (non-hydrogen) atoms. The minimum absolute atomic E-state index is 0.0280. The first-order chi connectivity index (χ1) is 25.9. The summed E-state index contributed by atoms with van der Waals surface area (Å²) in [5.41, 5.74) is 1.68. The predicted molar refractivity (Wildman–Crippen MR) is 203 cm³/mol. The summed E-state index contributed by atoms with van der Waals surface area (Å²) in [5.74, 6) is -4.73. The number of aliphatic carboxylic acids is 2. The standard InChI is InChI=1S/C40H40N6O7S/c1-39(2,38(52)53)46-25-32(44-45-46)36(50)43-33(37(51)42-31(35(49)41-24-34(47)48)23-27-15-7-3-8-16-27)26-54-40(28-17-9-4-10-18-28,29-19-11-5-12-20-29)30-21-13-6-14-22-30/h3-22,25,31,33H,23-24,26H2,1-2H3,(H,41,49)(H,42,51)(H,43,50)(H,47,48)(H,52,53)/t31-,33-/m0/s1. The van der Waals surface area contributed by atoms with Crippen molar-refractivity contribution in [1.29, 1.82) is 0 Å². The molecule has 0 saturated heterocycles. The molecule has 278 valence electrons. The SMILES string of the molecule is CC(C)(C(=O)O)n1cc(C(=O)N[C@@H](CSC(c2ccccc2)(c2ccccc2)c2ccccc2)C(=O)N[C@@H](Cc2ccccc2)C(=O)NCC(=O)O)nn1. The number of rotatable bonds is 17. The molecule has 0 aliphatic rings. The van der Waals surface area contributed by atoms with Gasteiger partial charge < -0.3 is 26.2 Å². The summed E-state index contributed by atoms with van der Waals surface area (Å²) >= 11 is 1.40. The zero-order valence-electron chi connectivity index (χ0n) is 29.6. The lowest BCUT2D eigenvalue weighted by Gasteiger charge is -2.36. The molecule has 3 amide bonds. The Kier molecular flexibility index (Phi) is 12.6. The molecule has 2 atom stereocenters. The van der Waals surface area contributed by atoms with Crippen molar-refractivity contribution in [2.24, 2.45) is 0 Å². The summed E-state index contributed by atoms with van der Waals surface area (Å²) in [6, 6.07) is 35.6. The predicted octanol–water partition coefficient (Wildman–Crippen LogP) is 3.85. The van der Waals surface area contributed by atoms with E-state index < -0.39 is 58.6 Å². The molecule has 5 N–H and O–H groups in total. The van der Waals surface area contributed by atoms with E-state index in [1.54, 1.807) is 30.3 Å². The highest BCUT2D eigenvalue weighted by atomic mass is 32.2. The zero-order valence-corrected chi connectivity index (χ0v) is 30.4. The molecule has 0 bridgehead atoms. The molecule has 0 aliphatic carbocycles. The van der Waals surface area contributed by atoms with E-state index in [1.807, 2.05) is 91.0 Å². The van der Waals surface area contributed by atoms with Crippen LogP contribution in [0.1, 0.15) is 46.6 Å². The van der Waals surface area contributed by atoms with Crippen molar-refractivity contribution in [2.75, 3.05) is 12.3 Å². The van der Waals surface area contributed by atoms with Gasteiger partial charge >= 0.3 is 11.9 Å². The van der Waals surface area contributed by atoms with Gasteiger partial charge in [-0.1, -0.05) is 127 Å². The highest BCUT2D eigenvalue weighted by Gasteiger charge is 2.39. The monoisotopic (exact) mass is 748 g/mol. The van der Waals surface area contributed by atoms with Gasteiger partial charge in [-0.25, -0.2) is 9.48 Å². The molecule has 0 aliphatic heterocycles. The molecule has 14 heteroatoms. The number of hydrogen-bond acceptors (Lipinski definition) is 8. The Morgan fingerprint density at radius 2 is 1.20 bits per heavy atom. The van der Waals surface area contributed by atoms with E-state index in [2.05, 4.69) is 26.3 Å². The number of carbonyl (C=O) groups excluding carboxylic acids is 3. The third-order valence-electron chi connectivity index (χ3n) is 8.78. The Labute approximate surface area is 316 Å². The molecular formula is C40H40N6O7S. The minimum Gasteiger partial charge on any atom is -0.480 e. The number of benzene rings is 4. The number of nitrogens with zero attached hydrogens (tertiary/aromatic N) is 3. The second kappa shape index (κ2) is 17.5. The van der Waals surface area contributed by atoms with Gasteiger partial charge in [-0.05, 0) is 36.1 Å². The van der Waals surface area contributed by atoms with Gasteiger partial charge in [0.05, 0.1) is 10.9 Å². The van der Waals surface area contributed by atoms with Crippen molar-refractivity contribution in [3.63, 3.8) is 0 Å². The zero-order chi connectivity index (χ0) is 38.7. The Hall–Kier alpha value is -6.28. The van der Waals surface area contributed by atoms with Crippen LogP contribution in [0.2, 0.25) is 0 Å². The van der Waals surface area contributed by atoms with Crippen LogP contribution in [-0.2, 0) is 35.9 Å². The molecule has 5 aromatic rings. The van der Waals surface area contributed by atoms with Gasteiger partial charge in [-0.3, -0.25) is 19.2 Å². The second-order valence-corrected chi connectivity index (χ2v) is 14.1. The van der Waals surface area contributed by atoms with E-state index in [0.717, 1.165) is 21.4 Å². The molecule has 0 unspecified atom stereocenters. The van der Waals surface area contributed by atoms with E-state index >= 15 is 0 Å². The summed E-state index contributed by atoms with van der Waals surface area (Å²) in [7, 11) is 0. The number of hydrogen-bond donors (Lipinski definition) is 5. The van der Waals surface area contributed by atoms with E-state index in [4.69, 9.17) is 0 Å². The fraction of sp³-hybridized carbons (Fsp3) is 0.225. The first-order valence-electron chi connectivity index (χ1n) is 17.0. The van der Waals surface area contributed by atoms with Crippen LogP contribution in [0, 0.1) is 0 Å². The summed E-state index contributed by atoms with van der Waals surface area (Å²) in [4.78, 5) is 64.7. The van der Waals surface area contributed by atoms with E-state index in [0.29, 0.717) is 5.56 Å². The Bertz CT molecular complexity index is 1970. The molecule has 4 aromatic carbocycles. The summed E-state index contributed by atoms with van der Waals surface area (Å²) in [6.07, 6.45) is 1.22. The van der Waals surface area contributed by atoms with Gasteiger partial charge in [-0.15, -0.1) is 16.9 Å². The van der Waals surface area contributed by atoms with Gasteiger partial charge in [0.15, 0.2) is 11.2 Å². The minimum atomic E-state index is -1.52. The Morgan fingerprint density at radius 3 is 1.69 bits per heavy atom. The Morgan fingerprint density at radius 1 is 0.704 bits per heavy atom.